The van der Waals surface area contributed by atoms with Crippen molar-refractivity contribution in [2.24, 2.45) is 0 Å². The van der Waals surface area contributed by atoms with Gasteiger partial charge in [-0.1, -0.05) is 138 Å². The van der Waals surface area contributed by atoms with Gasteiger partial charge in [0.2, 0.25) is 0 Å². The lowest BCUT2D eigenvalue weighted by atomic mass is 9.86. The lowest BCUT2D eigenvalue weighted by Gasteiger charge is -2.28. The van der Waals surface area contributed by atoms with Gasteiger partial charge in [-0.15, -0.1) is 0 Å². The molecule has 0 spiro atoms. The van der Waals surface area contributed by atoms with Crippen LogP contribution in [0.1, 0.15) is 74.9 Å². The molecule has 4 nitrogen and oxygen atoms in total. The highest BCUT2D eigenvalue weighted by Crippen LogP contribution is 2.52. The molecular formula is C66H58N4. The zero-order chi connectivity index (χ0) is 48.1. The molecule has 13 aromatic rings. The summed E-state index contributed by atoms with van der Waals surface area (Å²) >= 11 is 0. The van der Waals surface area contributed by atoms with Crippen molar-refractivity contribution in [3.8, 4) is 0 Å². The second kappa shape index (κ2) is 14.8. The van der Waals surface area contributed by atoms with Crippen LogP contribution in [-0.4, -0.2) is 8.80 Å². The summed E-state index contributed by atoms with van der Waals surface area (Å²) in [7, 11) is 0. The standard InChI is InChI=1S/C66H58N4/c1-39-21-27-53(41(3)33-39)67(45-17-13-11-14-18-45)57-31-25-47-49-37-60-50(38-59(49)69-55-29-23-43(65(5,6)7)35-51(55)61(57)63(47)69)48-26-32-58(62-52-36-44(66(8,9)10)24-30-56(52)70(60)64(48)62)68(46-19-15-12-16-20-46)54-28-22-40(2)34-42(54)4/h11-38H,1-10H3. The van der Waals surface area contributed by atoms with E-state index < -0.39 is 0 Å². The Balaban J connectivity index is 1.16. The van der Waals surface area contributed by atoms with Gasteiger partial charge in [0.1, 0.15) is 0 Å². The number of aromatic nitrogens is 2. The van der Waals surface area contributed by atoms with Gasteiger partial charge in [-0.2, -0.15) is 0 Å². The first-order valence-corrected chi connectivity index (χ1v) is 24.9. The molecule has 0 N–H and O–H groups in total. The van der Waals surface area contributed by atoms with Crippen molar-refractivity contribution < 1.29 is 0 Å². The first-order valence-electron chi connectivity index (χ1n) is 24.9. The number of fused-ring (bicyclic) bond motifs is 12. The highest BCUT2D eigenvalue weighted by Gasteiger charge is 2.30. The van der Waals surface area contributed by atoms with E-state index in [9.17, 15) is 0 Å². The van der Waals surface area contributed by atoms with E-state index in [2.05, 4.69) is 258 Å². The van der Waals surface area contributed by atoms with Crippen molar-refractivity contribution in [2.75, 3.05) is 9.80 Å². The van der Waals surface area contributed by atoms with Crippen LogP contribution in [0.5, 0.6) is 0 Å². The lowest BCUT2D eigenvalue weighted by molar-refractivity contribution is 0.591. The molecule has 13 rings (SSSR count). The Labute approximate surface area is 410 Å². The summed E-state index contributed by atoms with van der Waals surface area (Å²) in [6.07, 6.45) is 0. The quantitative estimate of drug-likeness (QED) is 0.165. The molecule has 0 aliphatic heterocycles. The zero-order valence-electron chi connectivity index (χ0n) is 42.0. The summed E-state index contributed by atoms with van der Waals surface area (Å²) in [5.74, 6) is 0. The molecular weight excluding hydrogens is 849 g/mol. The van der Waals surface area contributed by atoms with E-state index in [1.54, 1.807) is 0 Å². The zero-order valence-corrected chi connectivity index (χ0v) is 42.0. The van der Waals surface area contributed by atoms with E-state index in [4.69, 9.17) is 0 Å². The van der Waals surface area contributed by atoms with Crippen molar-refractivity contribution in [1.29, 1.82) is 0 Å². The molecule has 0 bridgehead atoms. The Morgan fingerprint density at radius 2 is 0.714 bits per heavy atom. The smallest absolute Gasteiger partial charge is 0.0641 e. The molecule has 4 heterocycles. The molecule has 9 aromatic carbocycles. The normalized spacial score (nSPS) is 12.7. The molecule has 0 saturated carbocycles. The van der Waals surface area contributed by atoms with E-state index in [0.29, 0.717) is 0 Å². The number of aryl methyl sites for hydroxylation is 4. The van der Waals surface area contributed by atoms with E-state index in [-0.39, 0.29) is 10.8 Å². The number of hydrogen-bond donors (Lipinski definition) is 0. The predicted octanol–water partition coefficient (Wildman–Crippen LogP) is 18.8. The van der Waals surface area contributed by atoms with Crippen LogP contribution in [0.15, 0.2) is 170 Å². The third kappa shape index (κ3) is 6.08. The molecule has 4 aromatic heterocycles. The molecule has 0 atom stereocenters. The Bertz CT molecular complexity index is 3960. The molecule has 0 aliphatic rings. The summed E-state index contributed by atoms with van der Waals surface area (Å²) in [6, 6.07) is 64.6. The van der Waals surface area contributed by atoms with Crippen molar-refractivity contribution >= 4 is 110 Å². The molecule has 0 radical (unpaired) electrons. The molecule has 0 aliphatic carbocycles. The van der Waals surface area contributed by atoms with Crippen molar-refractivity contribution in [1.82, 2.24) is 8.80 Å². The summed E-state index contributed by atoms with van der Waals surface area (Å²) in [4.78, 5) is 4.98. The fraction of sp³-hybridized carbons (Fsp3) is 0.182. The van der Waals surface area contributed by atoms with Gasteiger partial charge >= 0.3 is 0 Å². The monoisotopic (exact) mass is 906 g/mol. The minimum Gasteiger partial charge on any atom is -0.310 e. The van der Waals surface area contributed by atoms with Gasteiger partial charge in [-0.3, -0.25) is 0 Å². The lowest BCUT2D eigenvalue weighted by Crippen LogP contribution is -2.12. The fourth-order valence-corrected chi connectivity index (χ4v) is 12.0. The number of hydrogen-bond acceptors (Lipinski definition) is 2. The molecule has 4 heteroatoms. The number of benzene rings is 9. The van der Waals surface area contributed by atoms with Gasteiger partial charge in [-0.05, 0) is 146 Å². The molecule has 70 heavy (non-hydrogen) atoms. The van der Waals surface area contributed by atoms with Gasteiger partial charge in [-0.25, -0.2) is 0 Å². The third-order valence-corrected chi connectivity index (χ3v) is 15.4. The van der Waals surface area contributed by atoms with Gasteiger partial charge in [0.15, 0.2) is 0 Å². The number of anilines is 6. The summed E-state index contributed by atoms with van der Waals surface area (Å²) in [6.45, 7) is 22.8. The van der Waals surface area contributed by atoms with Gasteiger partial charge < -0.3 is 18.6 Å². The van der Waals surface area contributed by atoms with Crippen LogP contribution in [0.25, 0.3) is 76.2 Å². The molecule has 0 unspecified atom stereocenters. The topological polar surface area (TPSA) is 15.3 Å². The van der Waals surface area contributed by atoms with Crippen LogP contribution < -0.4 is 9.80 Å². The van der Waals surface area contributed by atoms with Crippen LogP contribution in [0.4, 0.5) is 34.1 Å². The maximum Gasteiger partial charge on any atom is 0.0641 e. The maximum atomic E-state index is 2.58. The largest absolute Gasteiger partial charge is 0.310 e. The highest BCUT2D eigenvalue weighted by molar-refractivity contribution is 6.32. The van der Waals surface area contributed by atoms with E-state index >= 15 is 0 Å². The molecule has 0 saturated heterocycles. The Hall–Kier alpha value is -7.82. The first kappa shape index (κ1) is 42.3. The van der Waals surface area contributed by atoms with Crippen LogP contribution >= 0.6 is 0 Å². The fourth-order valence-electron chi connectivity index (χ4n) is 12.0. The molecule has 342 valence electrons. The Morgan fingerprint density at radius 1 is 0.329 bits per heavy atom. The van der Waals surface area contributed by atoms with Crippen molar-refractivity contribution in [3.63, 3.8) is 0 Å². The average molecular weight is 907 g/mol. The summed E-state index contributed by atoms with van der Waals surface area (Å²) in [5.41, 5.74) is 22.1. The van der Waals surface area contributed by atoms with E-state index in [1.807, 2.05) is 0 Å². The Kier molecular flexibility index (Phi) is 8.97. The average Bonchev–Trinajstić information content (AvgIpc) is 4.06. The minimum atomic E-state index is -0.0223. The van der Waals surface area contributed by atoms with Crippen LogP contribution in [0.2, 0.25) is 0 Å². The van der Waals surface area contributed by atoms with Gasteiger partial charge in [0, 0.05) is 65.8 Å². The van der Waals surface area contributed by atoms with Crippen LogP contribution in [0, 0.1) is 27.7 Å². The summed E-state index contributed by atoms with van der Waals surface area (Å²) in [5, 5.41) is 10.2. The van der Waals surface area contributed by atoms with E-state index in [1.165, 1.54) is 132 Å². The van der Waals surface area contributed by atoms with Crippen LogP contribution in [-0.2, 0) is 10.8 Å². The predicted molar refractivity (Wildman–Crippen MR) is 301 cm³/mol. The number of para-hydroxylation sites is 2. The maximum absolute atomic E-state index is 2.58. The first-order chi connectivity index (χ1) is 33.7. The molecule has 0 amide bonds. The second-order valence-corrected chi connectivity index (χ2v) is 22.2. The van der Waals surface area contributed by atoms with E-state index in [0.717, 1.165) is 11.4 Å². The Morgan fingerprint density at radius 3 is 1.09 bits per heavy atom. The third-order valence-electron chi connectivity index (χ3n) is 15.4. The second-order valence-electron chi connectivity index (χ2n) is 22.2. The SMILES string of the molecule is Cc1ccc(N(c2ccccc2)c2ccc3c4cc5c(cc4n4c6ccc(C(C)(C)C)cc6c2c34)c2ccc(N(c3ccccc3)c3ccc(C)cc3C)c3c4cc(C(C)(C)C)ccc4n5c23)c(C)c1. The van der Waals surface area contributed by atoms with Gasteiger partial charge in [0.25, 0.3) is 0 Å². The van der Waals surface area contributed by atoms with Gasteiger partial charge in [0.05, 0.1) is 44.5 Å². The summed E-state index contributed by atoms with van der Waals surface area (Å²) < 4.78 is 5.17. The van der Waals surface area contributed by atoms with Crippen molar-refractivity contribution in [2.45, 2.75) is 80.1 Å². The molecule has 0 fully saturated rings. The van der Waals surface area contributed by atoms with Crippen molar-refractivity contribution in [3.05, 3.63) is 203 Å². The number of nitrogens with zero attached hydrogens (tertiary/aromatic N) is 4. The minimum absolute atomic E-state index is 0.0223. The number of rotatable bonds is 6. The highest BCUT2D eigenvalue weighted by atomic mass is 15.2. The van der Waals surface area contributed by atoms with Crippen LogP contribution in [0.3, 0.4) is 0 Å².